The lowest BCUT2D eigenvalue weighted by atomic mass is 10.0. The van der Waals surface area contributed by atoms with Gasteiger partial charge in [0, 0.05) is 34.3 Å². The first-order valence-electron chi connectivity index (χ1n) is 14.7. The number of anilines is 1. The van der Waals surface area contributed by atoms with Gasteiger partial charge >= 0.3 is 0 Å². The number of hydrogen-bond acceptors (Lipinski definition) is 7. The number of ether oxygens (including phenoxy) is 1. The van der Waals surface area contributed by atoms with Gasteiger partial charge in [-0.15, -0.1) is 0 Å². The summed E-state index contributed by atoms with van der Waals surface area (Å²) in [6.45, 7) is 0.237. The Morgan fingerprint density at radius 2 is 1.72 bits per heavy atom. The molecule has 4 fully saturated rings. The molecule has 2 heterocycles. The Morgan fingerprint density at radius 1 is 1.02 bits per heavy atom. The van der Waals surface area contributed by atoms with Gasteiger partial charge < -0.3 is 14.2 Å². The van der Waals surface area contributed by atoms with E-state index in [9.17, 15) is 18.0 Å². The standard InChI is InChI=1S/C31H31Cl2N3O6S/c32-24-6-3-7-25(33)27(24)28-23(29(42-34-28)17-8-9-17)16-41-26-15-20-14-22(26)31(38)36(20)19-12-10-18(11-13-19)30(37)35-43(39,40)21-4-1-2-5-21/h3,6-7,10-13,17,20-22,26H,1-2,4-5,8-9,14-16H2,(H,35,37)/t20-,22+,26+/m0/s1. The summed E-state index contributed by atoms with van der Waals surface area (Å²) in [5, 5.41) is 4.77. The van der Waals surface area contributed by atoms with Crippen molar-refractivity contribution in [1.29, 1.82) is 0 Å². The van der Waals surface area contributed by atoms with Crippen molar-refractivity contribution in [2.24, 2.45) is 5.92 Å². The molecule has 0 unspecified atom stereocenters. The van der Waals surface area contributed by atoms with Crippen molar-refractivity contribution in [2.75, 3.05) is 4.90 Å². The molecule has 0 spiro atoms. The highest BCUT2D eigenvalue weighted by Crippen LogP contribution is 2.47. The summed E-state index contributed by atoms with van der Waals surface area (Å²) in [7, 11) is -3.70. The van der Waals surface area contributed by atoms with Gasteiger partial charge in [0.15, 0.2) is 0 Å². The zero-order valence-corrected chi connectivity index (χ0v) is 25.6. The molecule has 1 saturated heterocycles. The topological polar surface area (TPSA) is 119 Å². The first-order chi connectivity index (χ1) is 20.7. The molecule has 3 aromatic rings. The van der Waals surface area contributed by atoms with E-state index >= 15 is 0 Å². The third kappa shape index (κ3) is 5.36. The largest absolute Gasteiger partial charge is 0.372 e. The van der Waals surface area contributed by atoms with Gasteiger partial charge in [0.2, 0.25) is 15.9 Å². The Morgan fingerprint density at radius 3 is 2.37 bits per heavy atom. The number of fused-ring (bicyclic) bond motifs is 2. The number of hydrogen-bond donors (Lipinski definition) is 1. The summed E-state index contributed by atoms with van der Waals surface area (Å²) in [5.41, 5.74) is 2.93. The Kier molecular flexibility index (Phi) is 7.52. The maximum atomic E-state index is 13.5. The highest BCUT2D eigenvalue weighted by atomic mass is 35.5. The second kappa shape index (κ2) is 11.2. The van der Waals surface area contributed by atoms with Gasteiger partial charge in [-0.3, -0.25) is 9.59 Å². The van der Waals surface area contributed by atoms with Crippen LogP contribution in [0.1, 0.15) is 79.0 Å². The van der Waals surface area contributed by atoms with Gasteiger partial charge in [-0.1, -0.05) is 47.3 Å². The summed E-state index contributed by atoms with van der Waals surface area (Å²) < 4.78 is 39.4. The number of carbonyl (C=O) groups excluding carboxylic acids is 2. The van der Waals surface area contributed by atoms with E-state index in [1.165, 1.54) is 0 Å². The number of amides is 2. The van der Waals surface area contributed by atoms with Crippen LogP contribution in [0.3, 0.4) is 0 Å². The number of nitrogens with zero attached hydrogens (tertiary/aromatic N) is 2. The van der Waals surface area contributed by atoms with Gasteiger partial charge in [-0.05, 0) is 74.9 Å². The summed E-state index contributed by atoms with van der Waals surface area (Å²) >= 11 is 13.0. The predicted octanol–water partition coefficient (Wildman–Crippen LogP) is 6.24. The molecule has 1 N–H and O–H groups in total. The molecule has 12 heteroatoms. The normalized spacial score (nSPS) is 23.8. The maximum Gasteiger partial charge on any atom is 0.264 e. The number of carbonyl (C=O) groups is 2. The first-order valence-corrected chi connectivity index (χ1v) is 17.0. The molecule has 9 nitrogen and oxygen atoms in total. The van der Waals surface area contributed by atoms with Crippen LogP contribution in [0, 0.1) is 5.92 Å². The van der Waals surface area contributed by atoms with E-state index in [0.717, 1.165) is 37.0 Å². The minimum absolute atomic E-state index is 0.0237. The van der Waals surface area contributed by atoms with Gasteiger partial charge in [0.05, 0.1) is 33.9 Å². The fourth-order valence-corrected chi connectivity index (χ4v) is 8.88. The minimum atomic E-state index is -3.70. The monoisotopic (exact) mass is 643 g/mol. The number of halogens is 2. The molecule has 2 amide bonds. The van der Waals surface area contributed by atoms with Crippen molar-refractivity contribution < 1.29 is 27.3 Å². The van der Waals surface area contributed by atoms with Gasteiger partial charge in [-0.2, -0.15) is 0 Å². The molecule has 7 rings (SSSR count). The van der Waals surface area contributed by atoms with Crippen LogP contribution in [0.2, 0.25) is 10.0 Å². The van der Waals surface area contributed by atoms with Crippen LogP contribution in [-0.2, 0) is 26.2 Å². The Bertz CT molecular complexity index is 1660. The Balaban J connectivity index is 1.02. The Hall–Kier alpha value is -2.92. The number of aromatic nitrogens is 1. The highest BCUT2D eigenvalue weighted by Gasteiger charge is 2.52. The first kappa shape index (κ1) is 28.8. The molecule has 43 heavy (non-hydrogen) atoms. The van der Waals surface area contributed by atoms with E-state index in [-0.39, 0.29) is 36.1 Å². The van der Waals surface area contributed by atoms with E-state index in [4.69, 9.17) is 32.5 Å². The SMILES string of the molecule is O=C(NS(=O)(=O)C1CCCC1)c1ccc(N2C(=O)[C@@H]3C[C@H]2C[C@H]3OCc2c(-c3c(Cl)cccc3Cl)noc2C2CC2)cc1. The van der Waals surface area contributed by atoms with E-state index in [0.29, 0.717) is 58.6 Å². The average Bonchev–Trinajstić information content (AvgIpc) is 3.34. The molecule has 3 atom stereocenters. The third-order valence-corrected chi connectivity index (χ3v) is 11.6. The van der Waals surface area contributed by atoms with Crippen LogP contribution in [0.5, 0.6) is 0 Å². The zero-order valence-electron chi connectivity index (χ0n) is 23.3. The minimum Gasteiger partial charge on any atom is -0.372 e. The number of sulfonamides is 1. The van der Waals surface area contributed by atoms with Crippen LogP contribution >= 0.6 is 23.2 Å². The molecule has 3 aliphatic carbocycles. The summed E-state index contributed by atoms with van der Waals surface area (Å²) in [5.74, 6) is 0.122. The molecule has 226 valence electrons. The maximum absolute atomic E-state index is 13.5. The zero-order chi connectivity index (χ0) is 29.9. The molecule has 0 radical (unpaired) electrons. The number of rotatable bonds is 9. The molecular formula is C31H31Cl2N3O6S. The smallest absolute Gasteiger partial charge is 0.264 e. The van der Waals surface area contributed by atoms with Crippen LogP contribution in [0.15, 0.2) is 47.0 Å². The second-order valence-electron chi connectivity index (χ2n) is 12.0. The van der Waals surface area contributed by atoms with Crippen molar-refractivity contribution >= 4 is 50.7 Å². The van der Waals surface area contributed by atoms with E-state index < -0.39 is 21.2 Å². The molecule has 1 aliphatic heterocycles. The van der Waals surface area contributed by atoms with Crippen molar-refractivity contribution in [2.45, 2.75) is 81.3 Å². The molecule has 2 aromatic carbocycles. The van der Waals surface area contributed by atoms with Crippen molar-refractivity contribution in [3.8, 4) is 11.3 Å². The number of nitrogens with one attached hydrogen (secondary N) is 1. The van der Waals surface area contributed by atoms with Crippen LogP contribution < -0.4 is 9.62 Å². The van der Waals surface area contributed by atoms with Crippen LogP contribution in [0.25, 0.3) is 11.3 Å². The molecule has 3 saturated carbocycles. The van der Waals surface area contributed by atoms with Gasteiger partial charge in [-0.25, -0.2) is 13.1 Å². The molecule has 1 aromatic heterocycles. The predicted molar refractivity (Wildman–Crippen MR) is 162 cm³/mol. The summed E-state index contributed by atoms with van der Waals surface area (Å²) in [6.07, 6.45) is 5.99. The lowest BCUT2D eigenvalue weighted by Crippen LogP contribution is -2.43. The molecule has 2 bridgehead atoms. The van der Waals surface area contributed by atoms with E-state index in [1.54, 1.807) is 47.4 Å². The van der Waals surface area contributed by atoms with Gasteiger partial charge in [0.1, 0.15) is 11.5 Å². The Labute approximate surface area is 259 Å². The lowest BCUT2D eigenvalue weighted by Gasteiger charge is -2.31. The van der Waals surface area contributed by atoms with Crippen LogP contribution in [-0.4, -0.2) is 42.8 Å². The summed E-state index contributed by atoms with van der Waals surface area (Å²) in [6, 6.07) is 11.8. The van der Waals surface area contributed by atoms with Crippen LogP contribution in [0.4, 0.5) is 5.69 Å². The third-order valence-electron chi connectivity index (χ3n) is 9.19. The van der Waals surface area contributed by atoms with E-state index in [2.05, 4.69) is 9.88 Å². The summed E-state index contributed by atoms with van der Waals surface area (Å²) in [4.78, 5) is 27.9. The second-order valence-corrected chi connectivity index (χ2v) is 14.7. The van der Waals surface area contributed by atoms with Gasteiger partial charge in [0.25, 0.3) is 5.91 Å². The average molecular weight is 645 g/mol. The van der Waals surface area contributed by atoms with E-state index in [1.807, 2.05) is 0 Å². The van der Waals surface area contributed by atoms with Crippen molar-refractivity contribution in [3.05, 3.63) is 69.4 Å². The fraction of sp³-hybridized carbons (Fsp3) is 0.452. The molecule has 4 aliphatic rings. The van der Waals surface area contributed by atoms with Crippen molar-refractivity contribution in [3.63, 3.8) is 0 Å². The quantitative estimate of drug-likeness (QED) is 0.293. The highest BCUT2D eigenvalue weighted by molar-refractivity contribution is 7.90. The number of benzene rings is 2. The number of piperidine rings is 1. The molecular weight excluding hydrogens is 613 g/mol. The van der Waals surface area contributed by atoms with Crippen molar-refractivity contribution in [1.82, 2.24) is 9.88 Å². The lowest BCUT2D eigenvalue weighted by molar-refractivity contribution is -0.126. The fourth-order valence-electron chi connectivity index (χ4n) is 6.81.